The van der Waals surface area contributed by atoms with Gasteiger partial charge in [-0.2, -0.15) is 0 Å². The number of carboxylic acid groups (broad SMARTS) is 2. The van der Waals surface area contributed by atoms with E-state index in [1.54, 1.807) is 24.3 Å². The average Bonchev–Trinajstić information content (AvgIpc) is 2.59. The van der Waals surface area contributed by atoms with Gasteiger partial charge >= 0.3 is 17.9 Å². The number of carboxylic acids is 2. The summed E-state index contributed by atoms with van der Waals surface area (Å²) in [5.41, 5.74) is 0.626. The minimum atomic E-state index is -1.25. The van der Waals surface area contributed by atoms with Crippen molar-refractivity contribution in [3.8, 4) is 5.75 Å². The Morgan fingerprint density at radius 2 is 1.54 bits per heavy atom. The molecular formula is C17H14O7. The lowest BCUT2D eigenvalue weighted by atomic mass is 10.1. The molecule has 24 heavy (non-hydrogen) atoms. The second-order valence-electron chi connectivity index (χ2n) is 4.84. The first kappa shape index (κ1) is 17.0. The van der Waals surface area contributed by atoms with Crippen LogP contribution in [0.4, 0.5) is 0 Å². The molecule has 0 saturated heterocycles. The standard InChI is InChI=1S/C17H14O7/c1-23-17(22)11-4-2-3-10(5-11)9-24-14-7-12(15(18)19)6-13(8-14)16(20)21/h2-8H,9H2,1H3,(H,18,19)(H,20,21). The molecule has 0 saturated carbocycles. The van der Waals surface area contributed by atoms with Crippen molar-refractivity contribution in [2.45, 2.75) is 6.61 Å². The summed E-state index contributed by atoms with van der Waals surface area (Å²) in [7, 11) is 1.27. The lowest BCUT2D eigenvalue weighted by molar-refractivity contribution is 0.0598. The third-order valence-corrected chi connectivity index (χ3v) is 3.15. The number of hydrogen-bond donors (Lipinski definition) is 2. The number of aromatic carboxylic acids is 2. The van der Waals surface area contributed by atoms with Gasteiger partial charge in [0, 0.05) is 0 Å². The fourth-order valence-electron chi connectivity index (χ4n) is 2.00. The fourth-order valence-corrected chi connectivity index (χ4v) is 2.00. The first-order chi connectivity index (χ1) is 11.4. The van der Waals surface area contributed by atoms with Crippen molar-refractivity contribution in [2.24, 2.45) is 0 Å². The molecule has 2 aromatic carbocycles. The zero-order chi connectivity index (χ0) is 17.7. The second kappa shape index (κ2) is 7.28. The SMILES string of the molecule is COC(=O)c1cccc(COc2cc(C(=O)O)cc(C(=O)O)c2)c1. The van der Waals surface area contributed by atoms with Crippen LogP contribution in [0, 0.1) is 0 Å². The molecule has 0 bridgehead atoms. The predicted molar refractivity (Wildman–Crippen MR) is 82.5 cm³/mol. The average molecular weight is 330 g/mol. The summed E-state index contributed by atoms with van der Waals surface area (Å²) < 4.78 is 10.1. The summed E-state index contributed by atoms with van der Waals surface area (Å²) in [6.07, 6.45) is 0. The van der Waals surface area contributed by atoms with Gasteiger partial charge in [-0.1, -0.05) is 12.1 Å². The Bertz CT molecular complexity index is 763. The van der Waals surface area contributed by atoms with Crippen LogP contribution in [0.15, 0.2) is 42.5 Å². The van der Waals surface area contributed by atoms with Crippen molar-refractivity contribution < 1.29 is 34.1 Å². The van der Waals surface area contributed by atoms with Crippen molar-refractivity contribution in [3.05, 3.63) is 64.7 Å². The molecule has 2 rings (SSSR count). The maximum atomic E-state index is 11.5. The maximum Gasteiger partial charge on any atom is 0.337 e. The topological polar surface area (TPSA) is 110 Å². The highest BCUT2D eigenvalue weighted by molar-refractivity contribution is 5.94. The molecule has 2 aromatic rings. The number of rotatable bonds is 6. The van der Waals surface area contributed by atoms with E-state index in [4.69, 9.17) is 14.9 Å². The third-order valence-electron chi connectivity index (χ3n) is 3.15. The Balaban J connectivity index is 2.21. The van der Waals surface area contributed by atoms with Crippen LogP contribution in [-0.4, -0.2) is 35.2 Å². The highest BCUT2D eigenvalue weighted by Gasteiger charge is 2.12. The van der Waals surface area contributed by atoms with E-state index in [0.717, 1.165) is 6.07 Å². The van der Waals surface area contributed by atoms with E-state index in [9.17, 15) is 14.4 Å². The maximum absolute atomic E-state index is 11.5. The summed E-state index contributed by atoms with van der Waals surface area (Å²) in [6, 6.07) is 10.0. The highest BCUT2D eigenvalue weighted by Crippen LogP contribution is 2.19. The zero-order valence-corrected chi connectivity index (χ0v) is 12.7. The quantitative estimate of drug-likeness (QED) is 0.783. The van der Waals surface area contributed by atoms with Gasteiger partial charge in [0.15, 0.2) is 0 Å². The molecule has 124 valence electrons. The molecule has 0 fully saturated rings. The van der Waals surface area contributed by atoms with Gasteiger partial charge < -0.3 is 19.7 Å². The molecule has 0 aromatic heterocycles. The van der Waals surface area contributed by atoms with Gasteiger partial charge in [0.25, 0.3) is 0 Å². The van der Waals surface area contributed by atoms with Crippen LogP contribution >= 0.6 is 0 Å². The van der Waals surface area contributed by atoms with E-state index in [-0.39, 0.29) is 23.5 Å². The first-order valence-corrected chi connectivity index (χ1v) is 6.82. The molecule has 0 amide bonds. The smallest absolute Gasteiger partial charge is 0.337 e. The summed E-state index contributed by atoms with van der Waals surface area (Å²) >= 11 is 0. The van der Waals surface area contributed by atoms with Crippen LogP contribution in [0.5, 0.6) is 5.75 Å². The minimum Gasteiger partial charge on any atom is -0.489 e. The van der Waals surface area contributed by atoms with Gasteiger partial charge in [0.05, 0.1) is 23.8 Å². The Hall–Kier alpha value is -3.35. The van der Waals surface area contributed by atoms with E-state index in [1.807, 2.05) is 0 Å². The van der Waals surface area contributed by atoms with Gasteiger partial charge in [-0.05, 0) is 35.9 Å². The molecule has 0 unspecified atom stereocenters. The summed E-state index contributed by atoms with van der Waals surface area (Å²) in [4.78, 5) is 33.6. The molecular weight excluding hydrogens is 316 g/mol. The van der Waals surface area contributed by atoms with Crippen LogP contribution in [0.1, 0.15) is 36.6 Å². The number of carbonyl (C=O) groups is 3. The molecule has 7 heteroatoms. The van der Waals surface area contributed by atoms with E-state index < -0.39 is 17.9 Å². The zero-order valence-electron chi connectivity index (χ0n) is 12.7. The predicted octanol–water partition coefficient (Wildman–Crippen LogP) is 2.45. The molecule has 7 nitrogen and oxygen atoms in total. The highest BCUT2D eigenvalue weighted by atomic mass is 16.5. The van der Waals surface area contributed by atoms with E-state index in [1.165, 1.54) is 19.2 Å². The summed E-state index contributed by atoms with van der Waals surface area (Å²) in [5, 5.41) is 18.1. The molecule has 0 spiro atoms. The van der Waals surface area contributed by atoms with Crippen molar-refractivity contribution >= 4 is 17.9 Å². The Morgan fingerprint density at radius 1 is 0.917 bits per heavy atom. The van der Waals surface area contributed by atoms with Gasteiger partial charge in [-0.3, -0.25) is 0 Å². The van der Waals surface area contributed by atoms with Crippen LogP contribution in [-0.2, 0) is 11.3 Å². The van der Waals surface area contributed by atoms with Crippen LogP contribution in [0.2, 0.25) is 0 Å². The summed E-state index contributed by atoms with van der Waals surface area (Å²) in [6.45, 7) is 0.0347. The number of ether oxygens (including phenoxy) is 2. The third kappa shape index (κ3) is 4.10. The van der Waals surface area contributed by atoms with Crippen molar-refractivity contribution in [3.63, 3.8) is 0 Å². The van der Waals surface area contributed by atoms with Crippen molar-refractivity contribution in [1.82, 2.24) is 0 Å². The normalized spacial score (nSPS) is 10.0. The molecule has 0 aliphatic heterocycles. The fraction of sp³-hybridized carbons (Fsp3) is 0.118. The van der Waals surface area contributed by atoms with Crippen molar-refractivity contribution in [2.75, 3.05) is 7.11 Å². The number of benzene rings is 2. The molecule has 0 aliphatic carbocycles. The lowest BCUT2D eigenvalue weighted by Gasteiger charge is -2.09. The molecule has 0 aliphatic rings. The number of carbonyl (C=O) groups excluding carboxylic acids is 1. The molecule has 0 heterocycles. The van der Waals surface area contributed by atoms with Gasteiger partial charge in [-0.15, -0.1) is 0 Å². The monoisotopic (exact) mass is 330 g/mol. The van der Waals surface area contributed by atoms with Crippen LogP contribution < -0.4 is 4.74 Å². The van der Waals surface area contributed by atoms with Gasteiger partial charge in [0.2, 0.25) is 0 Å². The first-order valence-electron chi connectivity index (χ1n) is 6.82. The second-order valence-corrected chi connectivity index (χ2v) is 4.84. The number of esters is 1. The Labute approximate surface area is 137 Å². The van der Waals surface area contributed by atoms with E-state index >= 15 is 0 Å². The lowest BCUT2D eigenvalue weighted by Crippen LogP contribution is -2.05. The largest absolute Gasteiger partial charge is 0.489 e. The van der Waals surface area contributed by atoms with E-state index in [0.29, 0.717) is 11.1 Å². The molecule has 0 radical (unpaired) electrons. The Morgan fingerprint density at radius 3 is 2.08 bits per heavy atom. The molecule has 0 atom stereocenters. The molecule has 2 N–H and O–H groups in total. The number of hydrogen-bond acceptors (Lipinski definition) is 5. The van der Waals surface area contributed by atoms with Crippen LogP contribution in [0.3, 0.4) is 0 Å². The number of methoxy groups -OCH3 is 1. The van der Waals surface area contributed by atoms with Gasteiger partial charge in [-0.25, -0.2) is 14.4 Å². The minimum absolute atomic E-state index is 0.0347. The van der Waals surface area contributed by atoms with Crippen molar-refractivity contribution in [1.29, 1.82) is 0 Å². The Kier molecular flexibility index (Phi) is 5.16. The van der Waals surface area contributed by atoms with Crippen LogP contribution in [0.25, 0.3) is 0 Å². The van der Waals surface area contributed by atoms with Gasteiger partial charge in [0.1, 0.15) is 12.4 Å². The summed E-state index contributed by atoms with van der Waals surface area (Å²) in [5.74, 6) is -2.89. The van der Waals surface area contributed by atoms with E-state index in [2.05, 4.69) is 4.74 Å².